The van der Waals surface area contributed by atoms with Crippen LogP contribution in [-0.2, 0) is 16.4 Å². The van der Waals surface area contributed by atoms with Gasteiger partial charge >= 0.3 is 0 Å². The average Bonchev–Trinajstić information content (AvgIpc) is 3.42. The van der Waals surface area contributed by atoms with Crippen molar-refractivity contribution < 1.29 is 13.2 Å². The van der Waals surface area contributed by atoms with Crippen LogP contribution in [0.2, 0.25) is 5.02 Å². The lowest BCUT2D eigenvalue weighted by atomic mass is 10.1. The maximum absolute atomic E-state index is 12.9. The first-order chi connectivity index (χ1) is 21.7. The Hall–Kier alpha value is -5.10. The fourth-order valence-corrected chi connectivity index (χ4v) is 5.54. The zero-order valence-electron chi connectivity index (χ0n) is 24.1. The van der Waals surface area contributed by atoms with Gasteiger partial charge in [-0.15, -0.1) is 0 Å². The number of carbonyl (C=O) groups excluding carboxylic acids is 1. The number of aromatic nitrogens is 4. The lowest BCUT2D eigenvalue weighted by Crippen LogP contribution is -2.24. The molecule has 45 heavy (non-hydrogen) atoms. The Balaban J connectivity index is 1.28. The number of pyridine rings is 1. The Bertz CT molecular complexity index is 2120. The van der Waals surface area contributed by atoms with Crippen molar-refractivity contribution in [3.05, 3.63) is 126 Å². The standard InChI is InChI=1S/C33H28ClN7O3S/c1-45(43,44)36-19-16-22-12-14-24(15-13-22)38-33-35-18-17-28(39-33)31-30(40-29-11-4-5-20-41(29)31)23-7-6-8-25(21-23)37-32(42)26-9-2-3-10-27(26)34/h2-15,17-18,20-21,36H,16,19H2,1H3,(H,37,42)(H,35,38,39). The van der Waals surface area contributed by atoms with E-state index in [0.29, 0.717) is 46.6 Å². The van der Waals surface area contributed by atoms with Gasteiger partial charge in [0.1, 0.15) is 5.65 Å². The Labute approximate surface area is 265 Å². The van der Waals surface area contributed by atoms with Crippen molar-refractivity contribution in [1.29, 1.82) is 0 Å². The number of anilines is 3. The summed E-state index contributed by atoms with van der Waals surface area (Å²) in [5.74, 6) is 0.0923. The van der Waals surface area contributed by atoms with Crippen LogP contribution in [0, 0.1) is 0 Å². The summed E-state index contributed by atoms with van der Waals surface area (Å²) in [4.78, 5) is 27.1. The van der Waals surface area contributed by atoms with Crippen molar-refractivity contribution in [2.45, 2.75) is 6.42 Å². The molecule has 3 heterocycles. The molecular formula is C33H28ClN7O3S. The molecule has 0 radical (unpaired) electrons. The van der Waals surface area contributed by atoms with E-state index in [1.54, 1.807) is 30.5 Å². The number of carbonyl (C=O) groups is 1. The van der Waals surface area contributed by atoms with Crippen LogP contribution in [0.15, 0.2) is 109 Å². The summed E-state index contributed by atoms with van der Waals surface area (Å²) in [5.41, 5.74) is 6.39. The third kappa shape index (κ3) is 7.18. The van der Waals surface area contributed by atoms with Gasteiger partial charge in [-0.3, -0.25) is 9.20 Å². The highest BCUT2D eigenvalue weighted by Gasteiger charge is 2.19. The maximum Gasteiger partial charge on any atom is 0.257 e. The van der Waals surface area contributed by atoms with E-state index in [1.165, 1.54) is 0 Å². The molecular weight excluding hydrogens is 610 g/mol. The predicted octanol–water partition coefficient (Wildman–Crippen LogP) is 6.20. The van der Waals surface area contributed by atoms with Gasteiger partial charge in [-0.1, -0.05) is 54.1 Å². The summed E-state index contributed by atoms with van der Waals surface area (Å²) in [5, 5.41) is 6.56. The summed E-state index contributed by atoms with van der Waals surface area (Å²) in [7, 11) is -3.23. The van der Waals surface area contributed by atoms with Crippen molar-refractivity contribution in [1.82, 2.24) is 24.1 Å². The number of rotatable bonds is 10. The molecule has 0 saturated heterocycles. The summed E-state index contributed by atoms with van der Waals surface area (Å²) in [6.45, 7) is 0.328. The second-order valence-corrected chi connectivity index (χ2v) is 12.5. The molecule has 226 valence electrons. The highest BCUT2D eigenvalue weighted by atomic mass is 35.5. The summed E-state index contributed by atoms with van der Waals surface area (Å²) < 4.78 is 27.1. The monoisotopic (exact) mass is 637 g/mol. The van der Waals surface area contributed by atoms with Gasteiger partial charge in [0.15, 0.2) is 0 Å². The molecule has 0 atom stereocenters. The van der Waals surface area contributed by atoms with E-state index in [-0.39, 0.29) is 5.91 Å². The lowest BCUT2D eigenvalue weighted by Gasteiger charge is -2.10. The van der Waals surface area contributed by atoms with Gasteiger partial charge in [0.25, 0.3) is 5.91 Å². The van der Waals surface area contributed by atoms with Crippen LogP contribution in [0.4, 0.5) is 17.3 Å². The van der Waals surface area contributed by atoms with Crippen LogP contribution < -0.4 is 15.4 Å². The molecule has 0 bridgehead atoms. The normalized spacial score (nSPS) is 11.4. The van der Waals surface area contributed by atoms with E-state index in [0.717, 1.165) is 34.4 Å². The largest absolute Gasteiger partial charge is 0.324 e. The molecule has 6 rings (SSSR count). The fourth-order valence-electron chi connectivity index (χ4n) is 4.85. The zero-order valence-corrected chi connectivity index (χ0v) is 25.7. The van der Waals surface area contributed by atoms with Gasteiger partial charge in [-0.2, -0.15) is 0 Å². The highest BCUT2D eigenvalue weighted by molar-refractivity contribution is 7.88. The minimum atomic E-state index is -3.23. The van der Waals surface area contributed by atoms with E-state index < -0.39 is 10.0 Å². The highest BCUT2D eigenvalue weighted by Crippen LogP contribution is 2.33. The molecule has 10 nitrogen and oxygen atoms in total. The van der Waals surface area contributed by atoms with Gasteiger partial charge < -0.3 is 10.6 Å². The first-order valence-electron chi connectivity index (χ1n) is 14.0. The van der Waals surface area contributed by atoms with Crippen LogP contribution in [-0.4, -0.2) is 46.5 Å². The summed E-state index contributed by atoms with van der Waals surface area (Å²) in [6.07, 6.45) is 5.32. The first-order valence-corrected chi connectivity index (χ1v) is 16.3. The van der Waals surface area contributed by atoms with Crippen molar-refractivity contribution in [3.8, 4) is 22.6 Å². The van der Waals surface area contributed by atoms with Crippen molar-refractivity contribution in [3.63, 3.8) is 0 Å². The molecule has 0 aliphatic rings. The Morgan fingerprint density at radius 3 is 2.49 bits per heavy atom. The second kappa shape index (κ2) is 12.9. The van der Waals surface area contributed by atoms with E-state index in [4.69, 9.17) is 21.6 Å². The van der Waals surface area contributed by atoms with Gasteiger partial charge in [0.2, 0.25) is 16.0 Å². The van der Waals surface area contributed by atoms with Crippen molar-refractivity contribution in [2.24, 2.45) is 0 Å². The van der Waals surface area contributed by atoms with Gasteiger partial charge in [0.05, 0.1) is 33.9 Å². The molecule has 6 aromatic rings. The molecule has 0 fully saturated rings. The number of imidazole rings is 1. The number of fused-ring (bicyclic) bond motifs is 1. The van der Waals surface area contributed by atoms with E-state index in [1.807, 2.05) is 83.4 Å². The van der Waals surface area contributed by atoms with Crippen molar-refractivity contribution >= 4 is 50.5 Å². The predicted molar refractivity (Wildman–Crippen MR) is 177 cm³/mol. The molecule has 12 heteroatoms. The number of hydrogen-bond donors (Lipinski definition) is 3. The fraction of sp³-hybridized carbons (Fsp3) is 0.0909. The second-order valence-electron chi connectivity index (χ2n) is 10.3. The lowest BCUT2D eigenvalue weighted by molar-refractivity contribution is 0.102. The smallest absolute Gasteiger partial charge is 0.257 e. The SMILES string of the molecule is CS(=O)(=O)NCCc1ccc(Nc2nccc(-c3c(-c4cccc(NC(=O)c5ccccc5Cl)c4)nc4ccccn34)n2)cc1. The molecule has 0 saturated carbocycles. The first kappa shape index (κ1) is 29.9. The molecule has 0 aliphatic carbocycles. The quantitative estimate of drug-likeness (QED) is 0.163. The van der Waals surface area contributed by atoms with Crippen LogP contribution in [0.1, 0.15) is 15.9 Å². The van der Waals surface area contributed by atoms with Crippen LogP contribution in [0.25, 0.3) is 28.3 Å². The third-order valence-electron chi connectivity index (χ3n) is 6.93. The molecule has 3 aromatic heterocycles. The molecule has 3 aromatic carbocycles. The summed E-state index contributed by atoms with van der Waals surface area (Å²) in [6, 6.07) is 29.6. The van der Waals surface area contributed by atoms with E-state index in [2.05, 4.69) is 20.3 Å². The minimum absolute atomic E-state index is 0.307. The molecule has 1 amide bonds. The molecule has 0 aliphatic heterocycles. The Kier molecular flexibility index (Phi) is 8.56. The average molecular weight is 638 g/mol. The van der Waals surface area contributed by atoms with Crippen LogP contribution in [0.3, 0.4) is 0 Å². The number of nitrogens with zero attached hydrogens (tertiary/aromatic N) is 4. The molecule has 0 spiro atoms. The topological polar surface area (TPSA) is 130 Å². The zero-order chi connectivity index (χ0) is 31.4. The molecule has 3 N–H and O–H groups in total. The van der Waals surface area contributed by atoms with Crippen LogP contribution in [0.5, 0.6) is 0 Å². The van der Waals surface area contributed by atoms with Gasteiger partial charge in [-0.25, -0.2) is 28.1 Å². The Morgan fingerprint density at radius 1 is 0.889 bits per heavy atom. The maximum atomic E-state index is 12.9. The summed E-state index contributed by atoms with van der Waals surface area (Å²) >= 11 is 6.24. The van der Waals surface area contributed by atoms with Gasteiger partial charge in [-0.05, 0) is 66.6 Å². The number of benzene rings is 3. The number of halogens is 1. The Morgan fingerprint density at radius 2 is 1.69 bits per heavy atom. The van der Waals surface area contributed by atoms with Gasteiger partial charge in [0, 0.05) is 35.9 Å². The third-order valence-corrected chi connectivity index (χ3v) is 7.99. The number of sulfonamides is 1. The molecule has 0 unspecified atom stereocenters. The van der Waals surface area contributed by atoms with E-state index >= 15 is 0 Å². The number of amides is 1. The van der Waals surface area contributed by atoms with Crippen molar-refractivity contribution in [2.75, 3.05) is 23.4 Å². The van der Waals surface area contributed by atoms with E-state index in [9.17, 15) is 13.2 Å². The van der Waals surface area contributed by atoms with Crippen LogP contribution >= 0.6 is 11.6 Å². The number of hydrogen-bond acceptors (Lipinski definition) is 7. The number of nitrogens with one attached hydrogen (secondary N) is 3. The minimum Gasteiger partial charge on any atom is -0.324 e.